The molecule has 2 atom stereocenters. The van der Waals surface area contributed by atoms with Crippen molar-refractivity contribution in [3.05, 3.63) is 0 Å². The Labute approximate surface area is 230 Å². The van der Waals surface area contributed by atoms with Crippen LogP contribution in [0.2, 0.25) is 0 Å². The van der Waals surface area contributed by atoms with Gasteiger partial charge in [-0.3, -0.25) is 0 Å². The number of aliphatic hydroxyl groups excluding tert-OH is 1. The van der Waals surface area contributed by atoms with Gasteiger partial charge in [0.05, 0.1) is 21.5 Å². The summed E-state index contributed by atoms with van der Waals surface area (Å²) in [7, 11) is -4.30. The summed E-state index contributed by atoms with van der Waals surface area (Å²) in [5.74, 6) is 0. The molecule has 0 aromatic carbocycles. The maximum atomic E-state index is 11.3. The molecule has 0 amide bonds. The van der Waals surface area contributed by atoms with Crippen LogP contribution < -0.4 is 51.4 Å². The Hall–Kier alpha value is 1.51. The summed E-state index contributed by atoms with van der Waals surface area (Å²) in [5.41, 5.74) is 0. The van der Waals surface area contributed by atoms with Crippen LogP contribution in [0.1, 0.15) is 142 Å². The first-order chi connectivity index (χ1) is 13.9. The van der Waals surface area contributed by atoms with Crippen molar-refractivity contribution in [2.45, 2.75) is 154 Å². The Morgan fingerprint density at radius 2 is 1.00 bits per heavy atom. The van der Waals surface area contributed by atoms with Crippen LogP contribution in [0.15, 0.2) is 0 Å². The quantitative estimate of drug-likeness (QED) is 0.146. The van der Waals surface area contributed by atoms with Gasteiger partial charge in [-0.25, -0.2) is 8.42 Å². The summed E-state index contributed by atoms with van der Waals surface area (Å²) >= 11 is 0. The van der Waals surface area contributed by atoms with Gasteiger partial charge in [-0.05, 0) is 19.3 Å². The summed E-state index contributed by atoms with van der Waals surface area (Å²) < 4.78 is 34.0. The standard InChI is InChI=1S/C24H50O4S.K/c1-3-5-7-8-9-10-11-12-13-14-15-16-17-18-19-20-23(25)22-24(21-6-4-2)29(26,27)28;/h23-25H,3-22H2,1-2H3,(H,26,27,28);/q;+1/p-1. The molecule has 4 nitrogen and oxygen atoms in total. The Balaban J connectivity index is 0. The van der Waals surface area contributed by atoms with E-state index in [1.165, 1.54) is 83.5 Å². The molecule has 0 aliphatic carbocycles. The molecule has 0 aliphatic heterocycles. The molecule has 176 valence electrons. The van der Waals surface area contributed by atoms with Crippen molar-refractivity contribution in [1.29, 1.82) is 0 Å². The van der Waals surface area contributed by atoms with Gasteiger partial charge < -0.3 is 9.66 Å². The normalized spacial score (nSPS) is 13.7. The van der Waals surface area contributed by atoms with Crippen molar-refractivity contribution in [2.24, 2.45) is 0 Å². The first-order valence-corrected chi connectivity index (χ1v) is 14.0. The van der Waals surface area contributed by atoms with Crippen LogP contribution in [-0.4, -0.2) is 29.4 Å². The molecule has 0 heterocycles. The van der Waals surface area contributed by atoms with E-state index in [1.54, 1.807) is 0 Å². The van der Waals surface area contributed by atoms with Gasteiger partial charge in [0, 0.05) is 0 Å². The molecule has 0 saturated heterocycles. The van der Waals surface area contributed by atoms with Crippen molar-refractivity contribution < 1.29 is 69.5 Å². The SMILES string of the molecule is CCCCCCCCCCCCCCCCCC(O)CC(CCCC)S(=O)(=O)[O-].[K+]. The van der Waals surface area contributed by atoms with Crippen LogP contribution in [0.4, 0.5) is 0 Å². The Morgan fingerprint density at radius 3 is 1.37 bits per heavy atom. The fourth-order valence-corrected chi connectivity index (χ4v) is 4.90. The van der Waals surface area contributed by atoms with Crippen LogP contribution >= 0.6 is 0 Å². The Morgan fingerprint density at radius 1 is 0.633 bits per heavy atom. The predicted molar refractivity (Wildman–Crippen MR) is 123 cm³/mol. The van der Waals surface area contributed by atoms with E-state index in [2.05, 4.69) is 6.92 Å². The van der Waals surface area contributed by atoms with Gasteiger partial charge in [0.1, 0.15) is 0 Å². The minimum atomic E-state index is -4.30. The molecule has 0 saturated carbocycles. The predicted octanol–water partition coefficient (Wildman–Crippen LogP) is 4.11. The molecule has 1 N–H and O–H groups in total. The van der Waals surface area contributed by atoms with Crippen LogP contribution in [0, 0.1) is 0 Å². The second-order valence-corrected chi connectivity index (χ2v) is 10.5. The number of aliphatic hydroxyl groups is 1. The summed E-state index contributed by atoms with van der Waals surface area (Å²) in [6, 6.07) is 0. The molecule has 0 aromatic heterocycles. The van der Waals surface area contributed by atoms with Crippen LogP contribution in [-0.2, 0) is 10.1 Å². The van der Waals surface area contributed by atoms with E-state index in [9.17, 15) is 18.1 Å². The topological polar surface area (TPSA) is 77.4 Å². The molecule has 0 aromatic rings. The average Bonchev–Trinajstić information content (AvgIpc) is 2.67. The third-order valence-corrected chi connectivity index (χ3v) is 7.21. The van der Waals surface area contributed by atoms with Gasteiger partial charge in [0.2, 0.25) is 0 Å². The first-order valence-electron chi connectivity index (χ1n) is 12.5. The van der Waals surface area contributed by atoms with E-state index >= 15 is 0 Å². The Kier molecular flexibility index (Phi) is 26.6. The van der Waals surface area contributed by atoms with Crippen molar-refractivity contribution in [2.75, 3.05) is 0 Å². The molecule has 0 spiro atoms. The van der Waals surface area contributed by atoms with Crippen molar-refractivity contribution in [3.63, 3.8) is 0 Å². The van der Waals surface area contributed by atoms with Crippen LogP contribution in [0.25, 0.3) is 0 Å². The summed E-state index contributed by atoms with van der Waals surface area (Å²) in [6.45, 7) is 4.24. The molecule has 6 heteroatoms. The molecule has 0 aliphatic rings. The largest absolute Gasteiger partial charge is 1.00 e. The minimum Gasteiger partial charge on any atom is -0.748 e. The second-order valence-electron chi connectivity index (χ2n) is 8.88. The molecule has 0 radical (unpaired) electrons. The van der Waals surface area contributed by atoms with Crippen LogP contribution in [0.5, 0.6) is 0 Å². The number of rotatable bonds is 22. The summed E-state index contributed by atoms with van der Waals surface area (Å²) in [4.78, 5) is 0. The molecule has 0 bridgehead atoms. The molecule has 2 unspecified atom stereocenters. The minimum absolute atomic E-state index is 0. The fourth-order valence-electron chi connectivity index (χ4n) is 3.98. The molecule has 0 rings (SSSR count). The van der Waals surface area contributed by atoms with Crippen molar-refractivity contribution in [3.8, 4) is 0 Å². The summed E-state index contributed by atoms with van der Waals surface area (Å²) in [6.07, 6.45) is 21.5. The molecule has 0 fully saturated rings. The first kappa shape index (κ1) is 33.7. The number of unbranched alkanes of at least 4 members (excludes halogenated alkanes) is 15. The van der Waals surface area contributed by atoms with E-state index in [-0.39, 0.29) is 57.8 Å². The van der Waals surface area contributed by atoms with Gasteiger partial charge >= 0.3 is 51.4 Å². The molecular weight excluding hydrogens is 423 g/mol. The Bertz CT molecular complexity index is 442. The smallest absolute Gasteiger partial charge is 0.748 e. The zero-order valence-corrected chi connectivity index (χ0v) is 24.3. The molecular formula is C24H49KO4S. The maximum Gasteiger partial charge on any atom is 1.00 e. The third kappa shape index (κ3) is 22.7. The monoisotopic (exact) mass is 472 g/mol. The third-order valence-electron chi connectivity index (χ3n) is 5.96. The summed E-state index contributed by atoms with van der Waals surface area (Å²) in [5, 5.41) is 9.16. The van der Waals surface area contributed by atoms with E-state index in [0.717, 1.165) is 25.7 Å². The van der Waals surface area contributed by atoms with Gasteiger partial charge in [-0.2, -0.15) is 0 Å². The van der Waals surface area contributed by atoms with Gasteiger partial charge in [0.25, 0.3) is 0 Å². The van der Waals surface area contributed by atoms with E-state index in [0.29, 0.717) is 12.8 Å². The maximum absolute atomic E-state index is 11.3. The zero-order valence-electron chi connectivity index (χ0n) is 20.4. The fraction of sp³-hybridized carbons (Fsp3) is 1.00. The van der Waals surface area contributed by atoms with Crippen molar-refractivity contribution >= 4 is 10.1 Å². The van der Waals surface area contributed by atoms with E-state index in [4.69, 9.17) is 0 Å². The van der Waals surface area contributed by atoms with Crippen LogP contribution in [0.3, 0.4) is 0 Å². The van der Waals surface area contributed by atoms with Gasteiger partial charge in [-0.15, -0.1) is 0 Å². The van der Waals surface area contributed by atoms with Crippen molar-refractivity contribution in [1.82, 2.24) is 0 Å². The van der Waals surface area contributed by atoms with Gasteiger partial charge in [0.15, 0.2) is 0 Å². The van der Waals surface area contributed by atoms with E-state index in [1.807, 2.05) is 6.92 Å². The number of hydrogen-bond acceptors (Lipinski definition) is 4. The number of hydrogen-bond donors (Lipinski definition) is 1. The second kappa shape index (κ2) is 23.7. The van der Waals surface area contributed by atoms with E-state index < -0.39 is 21.5 Å². The zero-order chi connectivity index (χ0) is 21.8. The van der Waals surface area contributed by atoms with Gasteiger partial charge in [-0.1, -0.05) is 123 Å². The molecule has 30 heavy (non-hydrogen) atoms. The average molecular weight is 473 g/mol.